The maximum absolute atomic E-state index is 10.8. The van der Waals surface area contributed by atoms with E-state index in [1.54, 1.807) is 36.4 Å². The Morgan fingerprint density at radius 3 is 1.80 bits per heavy atom. The molecule has 0 aliphatic rings. The summed E-state index contributed by atoms with van der Waals surface area (Å²) in [6, 6.07) is 13.3. The number of aliphatic carboxylic acids is 2. The van der Waals surface area contributed by atoms with E-state index in [0.717, 1.165) is 11.1 Å². The van der Waals surface area contributed by atoms with Crippen molar-refractivity contribution in [2.45, 2.75) is 24.9 Å². The quantitative estimate of drug-likeness (QED) is 0.203. The van der Waals surface area contributed by atoms with Crippen molar-refractivity contribution in [2.75, 3.05) is 0 Å². The van der Waals surface area contributed by atoms with Gasteiger partial charge in [0, 0.05) is 0 Å². The van der Waals surface area contributed by atoms with Crippen molar-refractivity contribution in [3.05, 3.63) is 65.7 Å². The van der Waals surface area contributed by atoms with Gasteiger partial charge in [0.1, 0.15) is 12.1 Å². The van der Waals surface area contributed by atoms with Gasteiger partial charge in [-0.3, -0.25) is 14.8 Å². The van der Waals surface area contributed by atoms with E-state index in [1.165, 1.54) is 12.1 Å². The Morgan fingerprint density at radius 2 is 1.37 bits per heavy atom. The molecule has 0 saturated heterocycles. The van der Waals surface area contributed by atoms with Crippen molar-refractivity contribution in [3.63, 3.8) is 0 Å². The van der Waals surface area contributed by atoms with Crippen molar-refractivity contribution in [3.8, 4) is 0 Å². The number of hydrogen-bond donors (Lipinski definition) is 8. The van der Waals surface area contributed by atoms with Gasteiger partial charge in [0.05, 0.1) is 0 Å². The summed E-state index contributed by atoms with van der Waals surface area (Å²) in [5.74, 6) is -2.17. The zero-order valence-corrected chi connectivity index (χ0v) is 16.0. The van der Waals surface area contributed by atoms with Crippen LogP contribution in [0, 0.1) is 0 Å². The highest BCUT2D eigenvalue weighted by atomic mass is 16.4. The lowest BCUT2D eigenvalue weighted by Gasteiger charge is -2.13. The fourth-order valence-electron chi connectivity index (χ4n) is 2.41. The second kappa shape index (κ2) is 12.8. The standard InChI is InChI=1S/2C9H12BNO4/c11-8(9(12)13)5-6-1-3-7(4-2-6)10(14)15;12-9(13)8(11-10(14)15)6-7-4-2-1-3-5-7/h1-4,8,14-15H,5,11H2,(H,12,13);1-5,8,11,14-15H,6H2,(H,12,13). The first-order valence-electron chi connectivity index (χ1n) is 8.92. The Morgan fingerprint density at radius 1 is 0.833 bits per heavy atom. The van der Waals surface area contributed by atoms with Crippen LogP contribution in [0.2, 0.25) is 0 Å². The van der Waals surface area contributed by atoms with Crippen LogP contribution in [0.1, 0.15) is 11.1 Å². The van der Waals surface area contributed by atoms with E-state index < -0.39 is 38.4 Å². The highest BCUT2D eigenvalue weighted by molar-refractivity contribution is 6.58. The number of nitrogens with two attached hydrogens (primary N) is 1. The summed E-state index contributed by atoms with van der Waals surface area (Å²) in [7, 11) is -3.33. The lowest BCUT2D eigenvalue weighted by molar-refractivity contribution is -0.139. The molecule has 0 heterocycles. The minimum absolute atomic E-state index is 0.202. The van der Waals surface area contributed by atoms with E-state index in [4.69, 9.17) is 36.0 Å². The molecule has 0 aliphatic heterocycles. The molecule has 9 N–H and O–H groups in total. The molecule has 0 amide bonds. The van der Waals surface area contributed by atoms with Crippen molar-refractivity contribution < 1.29 is 39.9 Å². The summed E-state index contributed by atoms with van der Waals surface area (Å²) >= 11 is 0. The summed E-state index contributed by atoms with van der Waals surface area (Å²) in [5, 5.41) is 54.4. The molecule has 0 aromatic heterocycles. The highest BCUT2D eigenvalue weighted by Crippen LogP contribution is 2.03. The molecular formula is C18H24B2N2O8. The molecule has 2 atom stereocenters. The van der Waals surface area contributed by atoms with Crippen LogP contribution in [0.15, 0.2) is 54.6 Å². The van der Waals surface area contributed by atoms with Gasteiger partial charge in [-0.25, -0.2) is 0 Å². The maximum Gasteiger partial charge on any atom is 0.549 e. The third-order valence-corrected chi connectivity index (χ3v) is 3.98. The molecule has 0 saturated carbocycles. The summed E-state index contributed by atoms with van der Waals surface area (Å²) < 4.78 is 0. The molecule has 12 heteroatoms. The van der Waals surface area contributed by atoms with E-state index in [0.29, 0.717) is 5.46 Å². The average molecular weight is 418 g/mol. The SMILES string of the molecule is NC(Cc1ccc(B(O)O)cc1)C(=O)O.O=C(O)C(Cc1ccccc1)NB(O)O. The predicted octanol–water partition coefficient (Wildman–Crippen LogP) is -2.44. The van der Waals surface area contributed by atoms with Crippen LogP contribution in [-0.4, -0.2) is 68.7 Å². The fraction of sp³-hybridized carbons (Fsp3) is 0.222. The lowest BCUT2D eigenvalue weighted by atomic mass is 9.80. The molecule has 0 radical (unpaired) electrons. The molecular weight excluding hydrogens is 394 g/mol. The minimum Gasteiger partial charge on any atom is -0.480 e. The summed E-state index contributed by atoms with van der Waals surface area (Å²) in [4.78, 5) is 21.2. The Hall–Kier alpha value is -2.73. The lowest BCUT2D eigenvalue weighted by Crippen LogP contribution is -2.47. The van der Waals surface area contributed by atoms with Crippen molar-refractivity contribution in [1.29, 1.82) is 0 Å². The van der Waals surface area contributed by atoms with Gasteiger partial charge in [0.25, 0.3) is 0 Å². The van der Waals surface area contributed by atoms with E-state index >= 15 is 0 Å². The van der Waals surface area contributed by atoms with Gasteiger partial charge in [0.2, 0.25) is 0 Å². The first kappa shape index (κ1) is 25.3. The van der Waals surface area contributed by atoms with Crippen molar-refractivity contribution in [2.24, 2.45) is 5.73 Å². The second-order valence-electron chi connectivity index (χ2n) is 6.38. The van der Waals surface area contributed by atoms with Gasteiger partial charge >= 0.3 is 26.3 Å². The Kier molecular flexibility index (Phi) is 10.8. The Bertz CT molecular complexity index is 791. The molecule has 0 aliphatic carbocycles. The number of carboxylic acid groups (broad SMARTS) is 2. The predicted molar refractivity (Wildman–Crippen MR) is 110 cm³/mol. The van der Waals surface area contributed by atoms with Crippen molar-refractivity contribution in [1.82, 2.24) is 5.23 Å². The molecule has 10 nitrogen and oxygen atoms in total. The van der Waals surface area contributed by atoms with Gasteiger partial charge in [-0.15, -0.1) is 0 Å². The Labute approximate surface area is 173 Å². The van der Waals surface area contributed by atoms with Crippen molar-refractivity contribution >= 4 is 31.8 Å². The third kappa shape index (κ3) is 9.65. The normalized spacial score (nSPS) is 12.2. The van der Waals surface area contributed by atoms with Gasteiger partial charge in [-0.05, 0) is 29.4 Å². The highest BCUT2D eigenvalue weighted by Gasteiger charge is 2.22. The summed E-state index contributed by atoms with van der Waals surface area (Å²) in [6.07, 6.45) is 0.422. The number of carbonyl (C=O) groups is 2. The first-order chi connectivity index (χ1) is 14.1. The molecule has 2 aromatic rings. The minimum atomic E-state index is -1.82. The smallest absolute Gasteiger partial charge is 0.480 e. The average Bonchev–Trinajstić information content (AvgIpc) is 2.68. The van der Waals surface area contributed by atoms with Crippen LogP contribution in [0.4, 0.5) is 0 Å². The number of rotatable bonds is 9. The third-order valence-electron chi connectivity index (χ3n) is 3.98. The summed E-state index contributed by atoms with van der Waals surface area (Å²) in [5.41, 5.74) is 7.27. The zero-order chi connectivity index (χ0) is 22.7. The van der Waals surface area contributed by atoms with Gasteiger partial charge < -0.3 is 36.0 Å². The summed E-state index contributed by atoms with van der Waals surface area (Å²) in [6.45, 7) is 0. The van der Waals surface area contributed by atoms with Crippen LogP contribution in [0.25, 0.3) is 0 Å². The molecule has 160 valence electrons. The fourth-order valence-corrected chi connectivity index (χ4v) is 2.41. The van der Waals surface area contributed by atoms with Gasteiger partial charge in [0.15, 0.2) is 0 Å². The molecule has 30 heavy (non-hydrogen) atoms. The van der Waals surface area contributed by atoms with E-state index in [9.17, 15) is 9.59 Å². The van der Waals surface area contributed by atoms with E-state index in [2.05, 4.69) is 5.23 Å². The number of nitrogens with one attached hydrogen (secondary N) is 1. The van der Waals surface area contributed by atoms with E-state index in [-0.39, 0.29) is 12.8 Å². The number of carboxylic acids is 2. The number of hydrogen-bond acceptors (Lipinski definition) is 8. The van der Waals surface area contributed by atoms with Crippen LogP contribution < -0.4 is 16.4 Å². The first-order valence-corrected chi connectivity index (χ1v) is 8.92. The molecule has 2 unspecified atom stereocenters. The van der Waals surface area contributed by atoms with Crippen LogP contribution in [0.3, 0.4) is 0 Å². The Balaban J connectivity index is 0.000000300. The molecule has 0 bridgehead atoms. The molecule has 0 fully saturated rings. The number of benzene rings is 2. The van der Waals surface area contributed by atoms with Crippen LogP contribution >= 0.6 is 0 Å². The molecule has 2 rings (SSSR count). The van der Waals surface area contributed by atoms with Crippen LogP contribution in [-0.2, 0) is 22.4 Å². The van der Waals surface area contributed by atoms with Gasteiger partial charge in [-0.2, -0.15) is 0 Å². The zero-order valence-electron chi connectivity index (χ0n) is 16.0. The molecule has 2 aromatic carbocycles. The second-order valence-corrected chi connectivity index (χ2v) is 6.38. The monoisotopic (exact) mass is 418 g/mol. The topological polar surface area (TPSA) is 194 Å². The van der Waals surface area contributed by atoms with Crippen LogP contribution in [0.5, 0.6) is 0 Å². The molecule has 0 spiro atoms. The largest absolute Gasteiger partial charge is 0.549 e. The van der Waals surface area contributed by atoms with Gasteiger partial charge in [-0.1, -0.05) is 54.6 Å². The maximum atomic E-state index is 10.8. The van der Waals surface area contributed by atoms with E-state index in [1.807, 2.05) is 6.07 Å².